The van der Waals surface area contributed by atoms with E-state index in [4.69, 9.17) is 4.74 Å². The molecule has 2 heterocycles. The van der Waals surface area contributed by atoms with Crippen LogP contribution < -0.4 is 10.9 Å². The molecule has 2 rings (SSSR count). The number of aryl methyl sites for hydroxylation is 1. The third-order valence-electron chi connectivity index (χ3n) is 3.45. The van der Waals surface area contributed by atoms with E-state index in [9.17, 15) is 4.79 Å². The number of aromatic nitrogens is 1. The van der Waals surface area contributed by atoms with Gasteiger partial charge in [-0.3, -0.25) is 4.79 Å². The molecule has 2 atom stereocenters. The highest BCUT2D eigenvalue weighted by Crippen LogP contribution is 2.17. The van der Waals surface area contributed by atoms with Crippen molar-refractivity contribution in [2.75, 3.05) is 20.3 Å². The van der Waals surface area contributed by atoms with Crippen molar-refractivity contribution in [1.82, 2.24) is 9.88 Å². The predicted octanol–water partition coefficient (Wildman–Crippen LogP) is 0.781. The van der Waals surface area contributed by atoms with Crippen LogP contribution >= 0.6 is 0 Å². The fourth-order valence-corrected chi connectivity index (χ4v) is 2.32. The van der Waals surface area contributed by atoms with E-state index in [0.717, 1.165) is 25.2 Å². The van der Waals surface area contributed by atoms with E-state index in [1.165, 1.54) is 0 Å². The maximum Gasteiger partial charge on any atom is 0.250 e. The Morgan fingerprint density at radius 1 is 1.65 bits per heavy atom. The van der Waals surface area contributed by atoms with E-state index in [-0.39, 0.29) is 5.56 Å². The molecule has 4 heteroatoms. The van der Waals surface area contributed by atoms with Crippen molar-refractivity contribution in [3.05, 3.63) is 34.2 Å². The minimum Gasteiger partial charge on any atom is -0.381 e. The first-order chi connectivity index (χ1) is 8.20. The van der Waals surface area contributed by atoms with Crippen LogP contribution in [0, 0.1) is 12.8 Å². The van der Waals surface area contributed by atoms with Gasteiger partial charge in [0.25, 0.3) is 5.56 Å². The molecule has 0 aromatic carbocycles. The van der Waals surface area contributed by atoms with Crippen LogP contribution in [0.1, 0.15) is 12.0 Å². The number of hydrogen-bond acceptors (Lipinski definition) is 3. The van der Waals surface area contributed by atoms with Gasteiger partial charge in [-0.2, -0.15) is 0 Å². The van der Waals surface area contributed by atoms with Gasteiger partial charge < -0.3 is 14.6 Å². The van der Waals surface area contributed by atoms with Crippen LogP contribution in [0.15, 0.2) is 23.1 Å². The number of ether oxygens (including phenoxy) is 1. The number of nitrogens with one attached hydrogen (secondary N) is 1. The van der Waals surface area contributed by atoms with Crippen molar-refractivity contribution in [1.29, 1.82) is 0 Å². The molecule has 17 heavy (non-hydrogen) atoms. The van der Waals surface area contributed by atoms with Gasteiger partial charge in [0.05, 0.1) is 6.61 Å². The van der Waals surface area contributed by atoms with Crippen molar-refractivity contribution in [3.63, 3.8) is 0 Å². The standard InChI is InChI=1S/C13H20N2O2/c1-10-3-5-15(13(16)7-10)8-12(14-2)11-4-6-17-9-11/h3,5,7,11-12,14H,4,6,8-9H2,1-2H3. The van der Waals surface area contributed by atoms with Gasteiger partial charge in [-0.1, -0.05) is 0 Å². The zero-order chi connectivity index (χ0) is 12.3. The molecule has 1 saturated heterocycles. The summed E-state index contributed by atoms with van der Waals surface area (Å²) in [6, 6.07) is 3.95. The predicted molar refractivity (Wildman–Crippen MR) is 67.2 cm³/mol. The lowest BCUT2D eigenvalue weighted by atomic mass is 9.99. The fraction of sp³-hybridized carbons (Fsp3) is 0.615. The van der Waals surface area contributed by atoms with Gasteiger partial charge in [0.1, 0.15) is 0 Å². The first kappa shape index (κ1) is 12.3. The molecule has 4 nitrogen and oxygen atoms in total. The molecule has 1 fully saturated rings. The maximum absolute atomic E-state index is 11.8. The van der Waals surface area contributed by atoms with Gasteiger partial charge in [-0.05, 0) is 32.0 Å². The second-order valence-corrected chi connectivity index (χ2v) is 4.71. The number of hydrogen-bond donors (Lipinski definition) is 1. The Morgan fingerprint density at radius 3 is 3.06 bits per heavy atom. The van der Waals surface area contributed by atoms with Crippen LogP contribution in [-0.2, 0) is 11.3 Å². The molecular weight excluding hydrogens is 216 g/mol. The molecule has 0 amide bonds. The minimum absolute atomic E-state index is 0.0733. The van der Waals surface area contributed by atoms with E-state index < -0.39 is 0 Å². The topological polar surface area (TPSA) is 43.3 Å². The quantitative estimate of drug-likeness (QED) is 0.840. The second kappa shape index (κ2) is 5.47. The van der Waals surface area contributed by atoms with Gasteiger partial charge in [0, 0.05) is 37.4 Å². The first-order valence-corrected chi connectivity index (χ1v) is 6.13. The third-order valence-corrected chi connectivity index (χ3v) is 3.45. The zero-order valence-corrected chi connectivity index (χ0v) is 10.5. The summed E-state index contributed by atoms with van der Waals surface area (Å²) in [4.78, 5) is 11.8. The lowest BCUT2D eigenvalue weighted by molar-refractivity contribution is 0.175. The lowest BCUT2D eigenvalue weighted by Crippen LogP contribution is -2.40. The van der Waals surface area contributed by atoms with Crippen LogP contribution in [-0.4, -0.2) is 30.9 Å². The van der Waals surface area contributed by atoms with Crippen LogP contribution in [0.25, 0.3) is 0 Å². The fourth-order valence-electron chi connectivity index (χ4n) is 2.32. The van der Waals surface area contributed by atoms with Crippen LogP contribution in [0.3, 0.4) is 0 Å². The normalized spacial score (nSPS) is 21.6. The largest absolute Gasteiger partial charge is 0.381 e. The first-order valence-electron chi connectivity index (χ1n) is 6.13. The van der Waals surface area contributed by atoms with Gasteiger partial charge >= 0.3 is 0 Å². The summed E-state index contributed by atoms with van der Waals surface area (Å²) < 4.78 is 7.17. The molecule has 0 spiro atoms. The van der Waals surface area contributed by atoms with Crippen molar-refractivity contribution >= 4 is 0 Å². The molecule has 0 bridgehead atoms. The molecule has 0 saturated carbocycles. The Hall–Kier alpha value is -1.13. The smallest absolute Gasteiger partial charge is 0.250 e. The van der Waals surface area contributed by atoms with Gasteiger partial charge in [0.15, 0.2) is 0 Å². The van der Waals surface area contributed by atoms with E-state index in [0.29, 0.717) is 18.5 Å². The summed E-state index contributed by atoms with van der Waals surface area (Å²) in [5, 5.41) is 3.29. The number of rotatable bonds is 4. The summed E-state index contributed by atoms with van der Waals surface area (Å²) in [5.74, 6) is 0.508. The van der Waals surface area contributed by atoms with Crippen LogP contribution in [0.4, 0.5) is 0 Å². The summed E-state index contributed by atoms with van der Waals surface area (Å²) in [7, 11) is 1.95. The lowest BCUT2D eigenvalue weighted by Gasteiger charge is -2.22. The van der Waals surface area contributed by atoms with Crippen molar-refractivity contribution in [2.45, 2.75) is 25.9 Å². The molecule has 1 N–H and O–H groups in total. The number of pyridine rings is 1. The van der Waals surface area contributed by atoms with Crippen molar-refractivity contribution in [2.24, 2.45) is 5.92 Å². The molecular formula is C13H20N2O2. The Kier molecular flexibility index (Phi) is 3.97. The highest BCUT2D eigenvalue weighted by atomic mass is 16.5. The Morgan fingerprint density at radius 2 is 2.47 bits per heavy atom. The molecule has 2 unspecified atom stereocenters. The number of likely N-dealkylation sites (N-methyl/N-ethyl adjacent to an activating group) is 1. The van der Waals surface area contributed by atoms with E-state index >= 15 is 0 Å². The highest BCUT2D eigenvalue weighted by molar-refractivity contribution is 5.08. The maximum atomic E-state index is 11.8. The number of nitrogens with zero attached hydrogens (tertiary/aromatic N) is 1. The zero-order valence-electron chi connectivity index (χ0n) is 10.5. The van der Waals surface area contributed by atoms with Crippen molar-refractivity contribution in [3.8, 4) is 0 Å². The highest BCUT2D eigenvalue weighted by Gasteiger charge is 2.24. The van der Waals surface area contributed by atoms with Crippen LogP contribution in [0.5, 0.6) is 0 Å². The van der Waals surface area contributed by atoms with Gasteiger partial charge in [-0.25, -0.2) is 0 Å². The minimum atomic E-state index is 0.0733. The second-order valence-electron chi connectivity index (χ2n) is 4.71. The average Bonchev–Trinajstić information content (AvgIpc) is 2.81. The van der Waals surface area contributed by atoms with E-state index in [1.807, 2.05) is 26.2 Å². The summed E-state index contributed by atoms with van der Waals surface area (Å²) in [5.41, 5.74) is 1.08. The monoisotopic (exact) mass is 236 g/mol. The molecule has 1 aliphatic rings. The van der Waals surface area contributed by atoms with E-state index in [2.05, 4.69) is 5.32 Å². The summed E-state index contributed by atoms with van der Waals surface area (Å²) >= 11 is 0. The molecule has 0 aliphatic carbocycles. The van der Waals surface area contributed by atoms with E-state index in [1.54, 1.807) is 10.6 Å². The molecule has 0 radical (unpaired) electrons. The molecule has 94 valence electrons. The van der Waals surface area contributed by atoms with Gasteiger partial charge in [0.2, 0.25) is 0 Å². The Balaban J connectivity index is 2.09. The third kappa shape index (κ3) is 2.96. The molecule has 1 aliphatic heterocycles. The summed E-state index contributed by atoms with van der Waals surface area (Å²) in [6.45, 7) is 4.29. The van der Waals surface area contributed by atoms with Crippen molar-refractivity contribution < 1.29 is 4.74 Å². The van der Waals surface area contributed by atoms with Gasteiger partial charge in [-0.15, -0.1) is 0 Å². The SMILES string of the molecule is CNC(Cn1ccc(C)cc1=O)C1CCOC1. The summed E-state index contributed by atoms with van der Waals surface area (Å²) in [6.07, 6.45) is 2.95. The molecule has 1 aromatic rings. The Labute approximate surface area is 102 Å². The molecule has 1 aromatic heterocycles. The average molecular weight is 236 g/mol. The van der Waals surface area contributed by atoms with Crippen LogP contribution in [0.2, 0.25) is 0 Å². The Bertz CT molecular complexity index is 422.